The molecule has 0 bridgehead atoms. The van der Waals surface area contributed by atoms with Crippen LogP contribution < -0.4 is 16.0 Å². The number of fused-ring (bicyclic) bond motifs is 1. The summed E-state index contributed by atoms with van der Waals surface area (Å²) in [5.41, 5.74) is -0.0462. The van der Waals surface area contributed by atoms with E-state index in [1.54, 1.807) is 0 Å². The van der Waals surface area contributed by atoms with E-state index < -0.39 is 0 Å². The van der Waals surface area contributed by atoms with Gasteiger partial charge in [-0.3, -0.25) is 15.5 Å². The maximum Gasteiger partial charge on any atom is 0.141 e. The van der Waals surface area contributed by atoms with Gasteiger partial charge < -0.3 is 10.1 Å². The minimum atomic E-state index is -0.0462. The van der Waals surface area contributed by atoms with E-state index in [0.29, 0.717) is 0 Å². The molecule has 1 aliphatic carbocycles. The van der Waals surface area contributed by atoms with Crippen LogP contribution in [0, 0.1) is 5.92 Å². The Morgan fingerprint density at radius 2 is 1.90 bits per heavy atom. The van der Waals surface area contributed by atoms with Gasteiger partial charge in [-0.05, 0) is 31.6 Å². The van der Waals surface area contributed by atoms with Crippen LogP contribution in [0.1, 0.15) is 38.5 Å². The second-order valence-corrected chi connectivity index (χ2v) is 7.18. The summed E-state index contributed by atoms with van der Waals surface area (Å²) in [5, 5.41) is 11.1. The molecular formula is C16H30N4O. The summed E-state index contributed by atoms with van der Waals surface area (Å²) in [6, 6.07) is 0.755. The number of piperazine rings is 1. The van der Waals surface area contributed by atoms with E-state index in [1.807, 2.05) is 0 Å². The van der Waals surface area contributed by atoms with Crippen molar-refractivity contribution in [2.45, 2.75) is 56.5 Å². The lowest BCUT2D eigenvalue weighted by molar-refractivity contribution is -0.125. The molecule has 3 saturated heterocycles. The summed E-state index contributed by atoms with van der Waals surface area (Å²) in [6.07, 6.45) is 8.56. The Labute approximate surface area is 128 Å². The lowest BCUT2D eigenvalue weighted by Gasteiger charge is -2.57. The molecule has 4 aliphatic rings. The predicted octanol–water partition coefficient (Wildman–Crippen LogP) is 0.476. The Morgan fingerprint density at radius 3 is 2.71 bits per heavy atom. The largest absolute Gasteiger partial charge is 0.359 e. The summed E-state index contributed by atoms with van der Waals surface area (Å²) in [6.45, 7) is 6.14. The van der Waals surface area contributed by atoms with E-state index in [1.165, 1.54) is 45.1 Å². The highest BCUT2D eigenvalue weighted by molar-refractivity contribution is 5.05. The van der Waals surface area contributed by atoms with Crippen molar-refractivity contribution in [1.29, 1.82) is 0 Å². The Hall–Kier alpha value is -0.200. The Morgan fingerprint density at radius 1 is 1.00 bits per heavy atom. The number of nitrogens with one attached hydrogen (secondary N) is 3. The van der Waals surface area contributed by atoms with E-state index in [4.69, 9.17) is 4.74 Å². The number of piperidine rings is 1. The third-order valence-electron chi connectivity index (χ3n) is 6.03. The average molecular weight is 294 g/mol. The van der Waals surface area contributed by atoms with Crippen LogP contribution in [0.3, 0.4) is 0 Å². The first-order valence-corrected chi connectivity index (χ1v) is 8.98. The van der Waals surface area contributed by atoms with Crippen molar-refractivity contribution in [1.82, 2.24) is 20.9 Å². The number of rotatable bonds is 2. The molecule has 0 aromatic carbocycles. The molecule has 0 aromatic rings. The van der Waals surface area contributed by atoms with Crippen molar-refractivity contribution in [3.8, 4) is 0 Å². The molecule has 4 unspecified atom stereocenters. The number of hydrogen-bond donors (Lipinski definition) is 3. The van der Waals surface area contributed by atoms with Crippen molar-refractivity contribution in [3.05, 3.63) is 0 Å². The van der Waals surface area contributed by atoms with Crippen LogP contribution in [0.4, 0.5) is 0 Å². The summed E-state index contributed by atoms with van der Waals surface area (Å²) < 4.78 is 6.07. The highest BCUT2D eigenvalue weighted by Gasteiger charge is 2.51. The molecule has 1 saturated carbocycles. The molecule has 3 aliphatic heterocycles. The average Bonchev–Trinajstić information content (AvgIpc) is 3.10. The standard InChI is InChI=1S/C16H30N4O/c1-2-6-14-13(4-1)5-3-10-20(14)16(12-17-7-8-19-16)15-18-9-11-21-15/h13-15,17-19H,1-12H2. The lowest BCUT2D eigenvalue weighted by atomic mass is 9.76. The van der Waals surface area contributed by atoms with Gasteiger partial charge in [0, 0.05) is 38.8 Å². The van der Waals surface area contributed by atoms with Gasteiger partial charge in [0.05, 0.1) is 6.61 Å². The molecule has 3 N–H and O–H groups in total. The zero-order valence-electron chi connectivity index (χ0n) is 13.1. The van der Waals surface area contributed by atoms with Crippen molar-refractivity contribution < 1.29 is 4.74 Å². The highest BCUT2D eigenvalue weighted by atomic mass is 16.5. The molecular weight excluding hydrogens is 264 g/mol. The molecule has 0 amide bonds. The molecule has 0 radical (unpaired) electrons. The molecule has 120 valence electrons. The van der Waals surface area contributed by atoms with Crippen molar-refractivity contribution in [2.24, 2.45) is 5.92 Å². The van der Waals surface area contributed by atoms with E-state index in [0.717, 1.165) is 44.7 Å². The fourth-order valence-corrected chi connectivity index (χ4v) is 5.10. The van der Waals surface area contributed by atoms with Gasteiger partial charge in [-0.1, -0.05) is 12.8 Å². The van der Waals surface area contributed by atoms with Crippen LogP contribution in [0.5, 0.6) is 0 Å². The summed E-state index contributed by atoms with van der Waals surface area (Å²) >= 11 is 0. The van der Waals surface area contributed by atoms with Crippen molar-refractivity contribution in [2.75, 3.05) is 39.3 Å². The first kappa shape index (κ1) is 14.4. The van der Waals surface area contributed by atoms with E-state index in [9.17, 15) is 0 Å². The second-order valence-electron chi connectivity index (χ2n) is 7.18. The summed E-state index contributed by atoms with van der Waals surface area (Å²) in [4.78, 5) is 2.79. The number of hydrogen-bond acceptors (Lipinski definition) is 5. The highest BCUT2D eigenvalue weighted by Crippen LogP contribution is 2.39. The predicted molar refractivity (Wildman–Crippen MR) is 83.0 cm³/mol. The third-order valence-corrected chi connectivity index (χ3v) is 6.03. The molecule has 5 nitrogen and oxygen atoms in total. The molecule has 5 heteroatoms. The minimum absolute atomic E-state index is 0.0462. The van der Waals surface area contributed by atoms with Crippen molar-refractivity contribution in [3.63, 3.8) is 0 Å². The molecule has 0 spiro atoms. The van der Waals surface area contributed by atoms with Crippen LogP contribution in [0.25, 0.3) is 0 Å². The van der Waals surface area contributed by atoms with Crippen molar-refractivity contribution >= 4 is 0 Å². The monoisotopic (exact) mass is 294 g/mol. The van der Waals surface area contributed by atoms with Gasteiger partial charge in [0.2, 0.25) is 0 Å². The molecule has 4 fully saturated rings. The molecule has 4 atom stereocenters. The van der Waals surface area contributed by atoms with Gasteiger partial charge in [-0.15, -0.1) is 0 Å². The number of ether oxygens (including phenoxy) is 1. The second kappa shape index (κ2) is 6.13. The summed E-state index contributed by atoms with van der Waals surface area (Å²) in [7, 11) is 0. The van der Waals surface area contributed by atoms with E-state index >= 15 is 0 Å². The van der Waals surface area contributed by atoms with Gasteiger partial charge in [0.15, 0.2) is 0 Å². The van der Waals surface area contributed by atoms with Crippen LogP contribution in [0.15, 0.2) is 0 Å². The minimum Gasteiger partial charge on any atom is -0.359 e. The fraction of sp³-hybridized carbons (Fsp3) is 1.00. The Kier molecular flexibility index (Phi) is 4.20. The Balaban J connectivity index is 1.61. The first-order valence-electron chi connectivity index (χ1n) is 8.98. The molecule has 0 aromatic heterocycles. The maximum absolute atomic E-state index is 6.07. The smallest absolute Gasteiger partial charge is 0.141 e. The van der Waals surface area contributed by atoms with Crippen LogP contribution in [-0.2, 0) is 4.74 Å². The SMILES string of the molecule is C1CCC2C(C1)CCCN2C1(C2NCCO2)CNCCN1. The van der Waals surface area contributed by atoms with Gasteiger partial charge in [-0.2, -0.15) is 0 Å². The Bertz CT molecular complexity index is 350. The summed E-state index contributed by atoms with van der Waals surface area (Å²) in [5.74, 6) is 0.912. The first-order chi connectivity index (χ1) is 10.4. The quantitative estimate of drug-likeness (QED) is 0.691. The lowest BCUT2D eigenvalue weighted by Crippen LogP contribution is -2.78. The topological polar surface area (TPSA) is 48.6 Å². The number of nitrogens with zero attached hydrogens (tertiary/aromatic N) is 1. The number of likely N-dealkylation sites (tertiary alicyclic amines) is 1. The van der Waals surface area contributed by atoms with E-state index in [2.05, 4.69) is 20.9 Å². The third kappa shape index (κ3) is 2.53. The van der Waals surface area contributed by atoms with Gasteiger partial charge >= 0.3 is 0 Å². The van der Waals surface area contributed by atoms with Crippen LogP contribution in [0.2, 0.25) is 0 Å². The molecule has 21 heavy (non-hydrogen) atoms. The van der Waals surface area contributed by atoms with Crippen LogP contribution >= 0.6 is 0 Å². The van der Waals surface area contributed by atoms with Crippen LogP contribution in [-0.4, -0.2) is 62.2 Å². The normalized spacial score (nSPS) is 45.4. The zero-order chi connectivity index (χ0) is 14.1. The van der Waals surface area contributed by atoms with E-state index in [-0.39, 0.29) is 11.9 Å². The van der Waals surface area contributed by atoms with Gasteiger partial charge in [0.1, 0.15) is 11.9 Å². The zero-order valence-corrected chi connectivity index (χ0v) is 13.1. The molecule has 4 rings (SSSR count). The van der Waals surface area contributed by atoms with Gasteiger partial charge in [-0.25, -0.2) is 0 Å². The fourth-order valence-electron chi connectivity index (χ4n) is 5.10. The molecule has 3 heterocycles. The van der Waals surface area contributed by atoms with Gasteiger partial charge in [0.25, 0.3) is 0 Å². The maximum atomic E-state index is 6.07.